The Morgan fingerprint density at radius 3 is 2.45 bits per heavy atom. The van der Waals surface area contributed by atoms with E-state index in [1.165, 1.54) is 11.3 Å². The number of benzene rings is 2. The lowest BCUT2D eigenvalue weighted by Crippen LogP contribution is -2.34. The van der Waals surface area contributed by atoms with E-state index in [-0.39, 0.29) is 0 Å². The fraction of sp³-hybridized carbons (Fsp3) is 0.333. The minimum Gasteiger partial charge on any atom is -0.389 e. The quantitative estimate of drug-likeness (QED) is 0.881. The zero-order valence-corrected chi connectivity index (χ0v) is 12.1. The molecule has 0 amide bonds. The number of aryl methyl sites for hydroxylation is 1. The normalized spacial score (nSPS) is 19.6. The van der Waals surface area contributed by atoms with Crippen LogP contribution < -0.4 is 4.90 Å². The molecule has 104 valence electrons. The predicted octanol–water partition coefficient (Wildman–Crippen LogP) is 4.21. The Kier molecular flexibility index (Phi) is 3.49. The number of hydrogen-bond donors (Lipinski definition) is 1. The van der Waals surface area contributed by atoms with Crippen LogP contribution in [0.1, 0.15) is 37.5 Å². The zero-order valence-electron chi connectivity index (χ0n) is 12.1. The van der Waals surface area contributed by atoms with Crippen molar-refractivity contribution < 1.29 is 5.11 Å². The van der Waals surface area contributed by atoms with Gasteiger partial charge >= 0.3 is 0 Å². The first-order valence-electron chi connectivity index (χ1n) is 7.32. The lowest BCUT2D eigenvalue weighted by molar-refractivity contribution is 0.199. The molecule has 2 heteroatoms. The van der Waals surface area contributed by atoms with Crippen molar-refractivity contribution >= 4 is 11.4 Å². The maximum absolute atomic E-state index is 10.0. The van der Waals surface area contributed by atoms with Crippen molar-refractivity contribution in [1.29, 1.82) is 0 Å². The molecular formula is C18H21NO. The molecule has 3 rings (SSSR count). The summed E-state index contributed by atoms with van der Waals surface area (Å²) in [7, 11) is 0. The second kappa shape index (κ2) is 5.29. The summed E-state index contributed by atoms with van der Waals surface area (Å²) in [6.07, 6.45) is 1.82. The Morgan fingerprint density at radius 2 is 1.70 bits per heavy atom. The molecule has 0 aromatic heterocycles. The van der Waals surface area contributed by atoms with Gasteiger partial charge in [-0.05, 0) is 44.4 Å². The van der Waals surface area contributed by atoms with E-state index < -0.39 is 6.10 Å². The number of aliphatic hydroxyl groups is 1. The molecule has 0 bridgehead atoms. The minimum atomic E-state index is -0.451. The van der Waals surface area contributed by atoms with Crippen molar-refractivity contribution in [3.05, 3.63) is 59.7 Å². The second-order valence-corrected chi connectivity index (χ2v) is 5.62. The first-order valence-corrected chi connectivity index (χ1v) is 7.32. The second-order valence-electron chi connectivity index (χ2n) is 5.62. The number of aliphatic hydroxyl groups excluding tert-OH is 1. The Balaban J connectivity index is 2.14. The van der Waals surface area contributed by atoms with E-state index >= 15 is 0 Å². The van der Waals surface area contributed by atoms with E-state index in [1.807, 2.05) is 25.1 Å². The van der Waals surface area contributed by atoms with Crippen molar-refractivity contribution in [2.45, 2.75) is 38.8 Å². The summed E-state index contributed by atoms with van der Waals surface area (Å²) in [5.41, 5.74) is 4.79. The van der Waals surface area contributed by atoms with E-state index in [0.29, 0.717) is 6.04 Å². The van der Waals surface area contributed by atoms with Crippen molar-refractivity contribution in [1.82, 2.24) is 0 Å². The molecule has 2 aromatic carbocycles. The van der Waals surface area contributed by atoms with Crippen LogP contribution in [0.4, 0.5) is 11.4 Å². The summed E-state index contributed by atoms with van der Waals surface area (Å²) in [6.45, 7) is 4.09. The minimum absolute atomic E-state index is 0.449. The van der Waals surface area contributed by atoms with E-state index in [4.69, 9.17) is 0 Å². The van der Waals surface area contributed by atoms with Gasteiger partial charge in [0.2, 0.25) is 0 Å². The Hall–Kier alpha value is -1.80. The standard InChI is InChI=1S/C18H21NO/c1-13-11-12-15-7-3-5-9-17(15)19(13)18-10-6-4-8-16(18)14(2)20/h3-10,13-14,20H,11-12H2,1-2H3/t13?,14-/m0/s1. The van der Waals surface area contributed by atoms with Crippen LogP contribution in [0.15, 0.2) is 48.5 Å². The summed E-state index contributed by atoms with van der Waals surface area (Å²) in [6, 6.07) is 17.2. The summed E-state index contributed by atoms with van der Waals surface area (Å²) in [5.74, 6) is 0. The van der Waals surface area contributed by atoms with Crippen molar-refractivity contribution in [3.8, 4) is 0 Å². The molecule has 0 saturated carbocycles. The van der Waals surface area contributed by atoms with Crippen molar-refractivity contribution in [2.75, 3.05) is 4.90 Å². The molecule has 2 nitrogen and oxygen atoms in total. The molecule has 0 aliphatic carbocycles. The first-order chi connectivity index (χ1) is 9.68. The Bertz CT molecular complexity index is 606. The van der Waals surface area contributed by atoms with Gasteiger partial charge in [0.05, 0.1) is 6.10 Å². The molecule has 20 heavy (non-hydrogen) atoms. The van der Waals surface area contributed by atoms with Gasteiger partial charge in [0.25, 0.3) is 0 Å². The molecule has 2 aromatic rings. The summed E-state index contributed by atoms with van der Waals surface area (Å²) in [4.78, 5) is 2.38. The van der Waals surface area contributed by atoms with Gasteiger partial charge in [-0.15, -0.1) is 0 Å². The van der Waals surface area contributed by atoms with Gasteiger partial charge < -0.3 is 10.0 Å². The molecule has 1 N–H and O–H groups in total. The van der Waals surface area contributed by atoms with Crippen LogP contribution >= 0.6 is 0 Å². The number of rotatable bonds is 2. The number of hydrogen-bond acceptors (Lipinski definition) is 2. The Morgan fingerprint density at radius 1 is 1.05 bits per heavy atom. The summed E-state index contributed by atoms with van der Waals surface area (Å²) >= 11 is 0. The van der Waals surface area contributed by atoms with E-state index in [9.17, 15) is 5.11 Å². The predicted molar refractivity (Wildman–Crippen MR) is 83.4 cm³/mol. The molecule has 0 fully saturated rings. The van der Waals surface area contributed by atoms with E-state index in [1.54, 1.807) is 0 Å². The highest BCUT2D eigenvalue weighted by molar-refractivity contribution is 5.71. The van der Waals surface area contributed by atoms with Gasteiger partial charge in [-0.3, -0.25) is 0 Å². The van der Waals surface area contributed by atoms with E-state index in [2.05, 4.69) is 42.2 Å². The van der Waals surface area contributed by atoms with Gasteiger partial charge in [0.1, 0.15) is 0 Å². The van der Waals surface area contributed by atoms with Crippen LogP contribution in [0.25, 0.3) is 0 Å². The van der Waals surface area contributed by atoms with Gasteiger partial charge in [0, 0.05) is 23.0 Å². The average Bonchev–Trinajstić information content (AvgIpc) is 2.47. The van der Waals surface area contributed by atoms with Crippen LogP contribution in [0.2, 0.25) is 0 Å². The third-order valence-electron chi connectivity index (χ3n) is 4.17. The third kappa shape index (κ3) is 2.20. The largest absolute Gasteiger partial charge is 0.389 e. The molecule has 2 atom stereocenters. The molecule has 1 aliphatic rings. The van der Waals surface area contributed by atoms with Gasteiger partial charge in [-0.1, -0.05) is 36.4 Å². The monoisotopic (exact) mass is 267 g/mol. The fourth-order valence-electron chi connectivity index (χ4n) is 3.12. The van der Waals surface area contributed by atoms with Crippen molar-refractivity contribution in [3.63, 3.8) is 0 Å². The van der Waals surface area contributed by atoms with Crippen LogP contribution in [0, 0.1) is 0 Å². The highest BCUT2D eigenvalue weighted by atomic mass is 16.3. The third-order valence-corrected chi connectivity index (χ3v) is 4.17. The van der Waals surface area contributed by atoms with E-state index in [0.717, 1.165) is 24.1 Å². The van der Waals surface area contributed by atoms with Crippen LogP contribution in [-0.4, -0.2) is 11.1 Å². The number of anilines is 2. The first kappa shape index (κ1) is 13.2. The molecule has 0 spiro atoms. The van der Waals surface area contributed by atoms with Crippen LogP contribution in [0.3, 0.4) is 0 Å². The lowest BCUT2D eigenvalue weighted by Gasteiger charge is -2.38. The molecule has 0 saturated heterocycles. The zero-order chi connectivity index (χ0) is 14.1. The van der Waals surface area contributed by atoms with Crippen LogP contribution in [0.5, 0.6) is 0 Å². The number of nitrogens with zero attached hydrogens (tertiary/aromatic N) is 1. The fourth-order valence-corrected chi connectivity index (χ4v) is 3.12. The highest BCUT2D eigenvalue weighted by Gasteiger charge is 2.26. The summed E-state index contributed by atoms with van der Waals surface area (Å²) in [5, 5.41) is 10.0. The molecule has 1 heterocycles. The molecular weight excluding hydrogens is 246 g/mol. The van der Waals surface area contributed by atoms with Crippen molar-refractivity contribution in [2.24, 2.45) is 0 Å². The topological polar surface area (TPSA) is 23.5 Å². The smallest absolute Gasteiger partial charge is 0.0782 e. The number of fused-ring (bicyclic) bond motifs is 1. The SMILES string of the molecule is CC1CCc2ccccc2N1c1ccccc1[C@H](C)O. The van der Waals surface area contributed by atoms with Crippen LogP contribution in [-0.2, 0) is 6.42 Å². The highest BCUT2D eigenvalue weighted by Crippen LogP contribution is 2.39. The number of para-hydroxylation sites is 2. The summed E-state index contributed by atoms with van der Waals surface area (Å²) < 4.78 is 0. The lowest BCUT2D eigenvalue weighted by atomic mass is 9.94. The van der Waals surface area contributed by atoms with Gasteiger partial charge in [-0.2, -0.15) is 0 Å². The Labute approximate surface area is 120 Å². The molecule has 0 radical (unpaired) electrons. The molecule has 1 aliphatic heterocycles. The molecule has 1 unspecified atom stereocenters. The van der Waals surface area contributed by atoms with Gasteiger partial charge in [0.15, 0.2) is 0 Å². The maximum Gasteiger partial charge on any atom is 0.0782 e. The maximum atomic E-state index is 10.0. The average molecular weight is 267 g/mol. The van der Waals surface area contributed by atoms with Gasteiger partial charge in [-0.25, -0.2) is 0 Å².